The van der Waals surface area contributed by atoms with Crippen molar-refractivity contribution in [2.24, 2.45) is 11.8 Å². The predicted octanol–water partition coefficient (Wildman–Crippen LogP) is 2.36. The summed E-state index contributed by atoms with van der Waals surface area (Å²) in [5.41, 5.74) is 0. The molecule has 0 radical (unpaired) electrons. The Morgan fingerprint density at radius 2 is 1.69 bits per heavy atom. The van der Waals surface area contributed by atoms with Crippen LogP contribution < -0.4 is 5.32 Å². The third-order valence-corrected chi connectivity index (χ3v) is 2.12. The van der Waals surface area contributed by atoms with Crippen molar-refractivity contribution in [1.29, 1.82) is 0 Å². The highest BCUT2D eigenvalue weighted by molar-refractivity contribution is 4.65. The average Bonchev–Trinajstić information content (AvgIpc) is 1.98. The minimum absolute atomic E-state index is 0.228. The molecule has 0 aromatic rings. The van der Waals surface area contributed by atoms with Gasteiger partial charge in [-0.3, -0.25) is 4.90 Å². The van der Waals surface area contributed by atoms with Crippen LogP contribution in [-0.2, 0) is 0 Å². The Labute approximate surface area is 96.2 Å². The number of rotatable bonds is 7. The van der Waals surface area contributed by atoms with Crippen LogP contribution in [0.3, 0.4) is 0 Å². The SMILES string of the molecule is CC(C)CNCC(C)CN(C)CC(F)(F)F. The molecule has 0 rings (SSSR count). The van der Waals surface area contributed by atoms with E-state index in [2.05, 4.69) is 19.2 Å². The van der Waals surface area contributed by atoms with Crippen molar-refractivity contribution in [2.75, 3.05) is 33.2 Å². The lowest BCUT2D eigenvalue weighted by Gasteiger charge is -2.22. The zero-order chi connectivity index (χ0) is 12.8. The second-order valence-electron chi connectivity index (χ2n) is 4.97. The van der Waals surface area contributed by atoms with Gasteiger partial charge in [0, 0.05) is 6.54 Å². The largest absolute Gasteiger partial charge is 0.401 e. The molecule has 0 aromatic carbocycles. The molecule has 0 aliphatic rings. The second kappa shape index (κ2) is 7.12. The quantitative estimate of drug-likeness (QED) is 0.735. The maximum atomic E-state index is 12.1. The molecule has 16 heavy (non-hydrogen) atoms. The molecule has 1 unspecified atom stereocenters. The van der Waals surface area contributed by atoms with Gasteiger partial charge in [0.05, 0.1) is 6.54 Å². The number of alkyl halides is 3. The summed E-state index contributed by atoms with van der Waals surface area (Å²) in [5, 5.41) is 3.24. The highest BCUT2D eigenvalue weighted by Gasteiger charge is 2.29. The van der Waals surface area contributed by atoms with Gasteiger partial charge in [-0.1, -0.05) is 20.8 Å². The van der Waals surface area contributed by atoms with E-state index in [0.717, 1.165) is 13.1 Å². The molecule has 0 saturated heterocycles. The fraction of sp³-hybridized carbons (Fsp3) is 1.00. The zero-order valence-corrected chi connectivity index (χ0v) is 10.6. The Balaban J connectivity index is 3.66. The lowest BCUT2D eigenvalue weighted by Crippen LogP contribution is -2.37. The van der Waals surface area contributed by atoms with E-state index in [1.807, 2.05) is 6.92 Å². The van der Waals surface area contributed by atoms with Crippen molar-refractivity contribution in [3.8, 4) is 0 Å². The fourth-order valence-electron chi connectivity index (χ4n) is 1.59. The van der Waals surface area contributed by atoms with E-state index >= 15 is 0 Å². The molecule has 2 nitrogen and oxygen atoms in total. The molecule has 0 aliphatic carbocycles. The van der Waals surface area contributed by atoms with E-state index in [0.29, 0.717) is 12.5 Å². The molecule has 0 spiro atoms. The molecular weight excluding hydrogens is 217 g/mol. The molecular formula is C11H23F3N2. The van der Waals surface area contributed by atoms with Gasteiger partial charge in [0.25, 0.3) is 0 Å². The first-order valence-electron chi connectivity index (χ1n) is 5.66. The minimum atomic E-state index is -4.10. The highest BCUT2D eigenvalue weighted by Crippen LogP contribution is 2.16. The number of nitrogens with zero attached hydrogens (tertiary/aromatic N) is 1. The Morgan fingerprint density at radius 1 is 1.12 bits per heavy atom. The maximum absolute atomic E-state index is 12.1. The van der Waals surface area contributed by atoms with Gasteiger partial charge in [0.1, 0.15) is 0 Å². The summed E-state index contributed by atoms with van der Waals surface area (Å²) in [6, 6.07) is 0. The molecule has 0 bridgehead atoms. The van der Waals surface area contributed by atoms with Gasteiger partial charge in [-0.25, -0.2) is 0 Å². The first-order chi connectivity index (χ1) is 7.20. The molecule has 1 N–H and O–H groups in total. The van der Waals surface area contributed by atoms with E-state index in [-0.39, 0.29) is 5.92 Å². The molecule has 1 atom stereocenters. The summed E-state index contributed by atoms with van der Waals surface area (Å²) < 4.78 is 36.2. The van der Waals surface area contributed by atoms with Crippen molar-refractivity contribution in [1.82, 2.24) is 10.2 Å². The van der Waals surface area contributed by atoms with Crippen LogP contribution in [0.15, 0.2) is 0 Å². The molecule has 0 saturated carbocycles. The number of hydrogen-bond donors (Lipinski definition) is 1. The van der Waals surface area contributed by atoms with E-state index in [1.165, 1.54) is 11.9 Å². The summed E-state index contributed by atoms with van der Waals surface area (Å²) in [5.74, 6) is 0.797. The standard InChI is InChI=1S/C11H23F3N2/c1-9(2)5-15-6-10(3)7-16(4)8-11(12,13)14/h9-10,15H,5-8H2,1-4H3. The summed E-state index contributed by atoms with van der Waals surface area (Å²) >= 11 is 0. The van der Waals surface area contributed by atoms with Gasteiger partial charge in [0.2, 0.25) is 0 Å². The van der Waals surface area contributed by atoms with Gasteiger partial charge >= 0.3 is 6.18 Å². The Bertz CT molecular complexity index is 181. The predicted molar refractivity (Wildman–Crippen MR) is 60.4 cm³/mol. The third kappa shape index (κ3) is 10.2. The number of hydrogen-bond acceptors (Lipinski definition) is 2. The van der Waals surface area contributed by atoms with Crippen LogP contribution in [0, 0.1) is 11.8 Å². The molecule has 98 valence electrons. The van der Waals surface area contributed by atoms with Crippen LogP contribution in [0.25, 0.3) is 0 Å². The molecule has 0 fully saturated rings. The van der Waals surface area contributed by atoms with Gasteiger partial charge in [-0.05, 0) is 32.0 Å². The highest BCUT2D eigenvalue weighted by atomic mass is 19.4. The maximum Gasteiger partial charge on any atom is 0.401 e. The van der Waals surface area contributed by atoms with Crippen molar-refractivity contribution < 1.29 is 13.2 Å². The third-order valence-electron chi connectivity index (χ3n) is 2.12. The normalized spacial score (nSPS) is 14.8. The topological polar surface area (TPSA) is 15.3 Å². The Kier molecular flexibility index (Phi) is 6.99. The van der Waals surface area contributed by atoms with Crippen LogP contribution in [0.1, 0.15) is 20.8 Å². The van der Waals surface area contributed by atoms with Crippen molar-refractivity contribution in [2.45, 2.75) is 26.9 Å². The summed E-state index contributed by atoms with van der Waals surface area (Å²) in [7, 11) is 1.51. The van der Waals surface area contributed by atoms with Gasteiger partial charge in [0.15, 0.2) is 0 Å². The second-order valence-corrected chi connectivity index (χ2v) is 4.97. The van der Waals surface area contributed by atoms with E-state index in [9.17, 15) is 13.2 Å². The molecule has 0 amide bonds. The van der Waals surface area contributed by atoms with Crippen LogP contribution >= 0.6 is 0 Å². The fourth-order valence-corrected chi connectivity index (χ4v) is 1.59. The van der Waals surface area contributed by atoms with Crippen LogP contribution in [0.2, 0.25) is 0 Å². The van der Waals surface area contributed by atoms with Gasteiger partial charge < -0.3 is 5.32 Å². The van der Waals surface area contributed by atoms with E-state index in [1.54, 1.807) is 0 Å². The molecule has 0 aliphatic heterocycles. The smallest absolute Gasteiger partial charge is 0.316 e. The summed E-state index contributed by atoms with van der Waals surface area (Å²) in [4.78, 5) is 1.32. The molecule has 0 aromatic heterocycles. The van der Waals surface area contributed by atoms with E-state index < -0.39 is 12.7 Å². The lowest BCUT2D eigenvalue weighted by atomic mass is 10.1. The van der Waals surface area contributed by atoms with Crippen molar-refractivity contribution in [3.63, 3.8) is 0 Å². The van der Waals surface area contributed by atoms with Crippen molar-refractivity contribution >= 4 is 0 Å². The molecule has 0 heterocycles. The van der Waals surface area contributed by atoms with Gasteiger partial charge in [-0.15, -0.1) is 0 Å². The van der Waals surface area contributed by atoms with Crippen molar-refractivity contribution in [3.05, 3.63) is 0 Å². The Morgan fingerprint density at radius 3 is 2.12 bits per heavy atom. The van der Waals surface area contributed by atoms with E-state index in [4.69, 9.17) is 0 Å². The molecule has 5 heteroatoms. The summed E-state index contributed by atoms with van der Waals surface area (Å²) in [6.45, 7) is 7.47. The number of nitrogens with one attached hydrogen (secondary N) is 1. The first kappa shape index (κ1) is 15.7. The zero-order valence-electron chi connectivity index (χ0n) is 10.6. The van der Waals surface area contributed by atoms with Gasteiger partial charge in [-0.2, -0.15) is 13.2 Å². The summed E-state index contributed by atoms with van der Waals surface area (Å²) in [6.07, 6.45) is -4.10. The first-order valence-corrected chi connectivity index (χ1v) is 5.66. The number of halogens is 3. The van der Waals surface area contributed by atoms with Crippen LogP contribution in [-0.4, -0.2) is 44.3 Å². The minimum Gasteiger partial charge on any atom is -0.316 e. The van der Waals surface area contributed by atoms with Crippen LogP contribution in [0.5, 0.6) is 0 Å². The lowest BCUT2D eigenvalue weighted by molar-refractivity contribution is -0.143. The average molecular weight is 240 g/mol. The monoisotopic (exact) mass is 240 g/mol. The van der Waals surface area contributed by atoms with Crippen LogP contribution in [0.4, 0.5) is 13.2 Å². The Hall–Kier alpha value is -0.290.